The third-order valence-electron chi connectivity index (χ3n) is 1.34. The highest BCUT2D eigenvalue weighted by Gasteiger charge is 1.96. The van der Waals surface area contributed by atoms with Crippen molar-refractivity contribution in [2.45, 2.75) is 13.5 Å². The molecule has 0 saturated heterocycles. The monoisotopic (exact) mass is 147 g/mol. The van der Waals surface area contributed by atoms with Crippen LogP contribution in [0.2, 0.25) is 0 Å². The number of aromatic nitrogens is 1. The second-order valence-corrected chi connectivity index (χ2v) is 2.30. The van der Waals surface area contributed by atoms with Gasteiger partial charge in [-0.25, -0.2) is 0 Å². The summed E-state index contributed by atoms with van der Waals surface area (Å²) >= 11 is 0. The van der Waals surface area contributed by atoms with Crippen LogP contribution in [0.25, 0.3) is 0 Å². The molecular weight excluding hydrogens is 138 g/mol. The van der Waals surface area contributed by atoms with Gasteiger partial charge in [0, 0.05) is 12.2 Å². The van der Waals surface area contributed by atoms with E-state index in [0.29, 0.717) is 12.1 Å². The Morgan fingerprint density at radius 1 is 1.64 bits per heavy atom. The molecule has 0 bridgehead atoms. The van der Waals surface area contributed by atoms with E-state index in [1.807, 2.05) is 13.0 Å². The second-order valence-electron chi connectivity index (χ2n) is 2.30. The van der Waals surface area contributed by atoms with Crippen molar-refractivity contribution in [2.75, 3.05) is 0 Å². The Morgan fingerprint density at radius 2 is 2.36 bits per heavy atom. The Labute approximate surface area is 65.5 Å². The molecule has 0 amide bonds. The maximum absolute atomic E-state index is 8.56. The van der Waals surface area contributed by atoms with E-state index < -0.39 is 0 Å². The Kier molecular flexibility index (Phi) is 2.19. The van der Waals surface area contributed by atoms with E-state index in [1.54, 1.807) is 12.1 Å². The van der Waals surface area contributed by atoms with Crippen molar-refractivity contribution < 1.29 is 0 Å². The van der Waals surface area contributed by atoms with Crippen molar-refractivity contribution >= 4 is 0 Å². The SMILES string of the molecule is Cc1cc(C#N)cc(CN)n1. The molecule has 0 aliphatic carbocycles. The van der Waals surface area contributed by atoms with Gasteiger partial charge in [-0.1, -0.05) is 0 Å². The van der Waals surface area contributed by atoms with Crippen LogP contribution in [0.1, 0.15) is 17.0 Å². The van der Waals surface area contributed by atoms with Crippen molar-refractivity contribution in [3.05, 3.63) is 29.1 Å². The molecule has 3 nitrogen and oxygen atoms in total. The fraction of sp³-hybridized carbons (Fsp3) is 0.250. The average Bonchev–Trinajstić information content (AvgIpc) is 2.03. The van der Waals surface area contributed by atoms with Gasteiger partial charge in [-0.15, -0.1) is 0 Å². The summed E-state index contributed by atoms with van der Waals surface area (Å²) in [6.07, 6.45) is 0. The highest BCUT2D eigenvalue weighted by molar-refractivity contribution is 5.31. The maximum Gasteiger partial charge on any atom is 0.0992 e. The molecule has 56 valence electrons. The number of pyridine rings is 1. The molecule has 2 N–H and O–H groups in total. The van der Waals surface area contributed by atoms with Crippen LogP contribution in [0.3, 0.4) is 0 Å². The molecule has 0 aliphatic heterocycles. The highest BCUT2D eigenvalue weighted by Crippen LogP contribution is 2.03. The Morgan fingerprint density at radius 3 is 2.91 bits per heavy atom. The standard InChI is InChI=1S/C8H9N3/c1-6-2-7(4-9)3-8(5-10)11-6/h2-3H,5,10H2,1H3. The van der Waals surface area contributed by atoms with Crippen LogP contribution >= 0.6 is 0 Å². The molecule has 0 radical (unpaired) electrons. The third-order valence-corrected chi connectivity index (χ3v) is 1.34. The Balaban J connectivity index is 3.15. The topological polar surface area (TPSA) is 62.7 Å². The third kappa shape index (κ3) is 1.76. The van der Waals surface area contributed by atoms with E-state index in [-0.39, 0.29) is 0 Å². The first-order valence-corrected chi connectivity index (χ1v) is 3.34. The largest absolute Gasteiger partial charge is 0.325 e. The zero-order valence-corrected chi connectivity index (χ0v) is 6.33. The number of nitriles is 1. The summed E-state index contributed by atoms with van der Waals surface area (Å²) in [5.74, 6) is 0. The van der Waals surface area contributed by atoms with Crippen molar-refractivity contribution in [3.8, 4) is 6.07 Å². The molecule has 0 atom stereocenters. The predicted molar refractivity (Wildman–Crippen MR) is 41.6 cm³/mol. The van der Waals surface area contributed by atoms with Gasteiger partial charge < -0.3 is 5.73 Å². The molecule has 11 heavy (non-hydrogen) atoms. The lowest BCUT2D eigenvalue weighted by Gasteiger charge is -1.97. The van der Waals surface area contributed by atoms with Gasteiger partial charge in [-0.05, 0) is 19.1 Å². The lowest BCUT2D eigenvalue weighted by molar-refractivity contribution is 0.967. The zero-order valence-electron chi connectivity index (χ0n) is 6.33. The second kappa shape index (κ2) is 3.13. The number of hydrogen-bond acceptors (Lipinski definition) is 3. The van der Waals surface area contributed by atoms with E-state index in [9.17, 15) is 0 Å². The number of aryl methyl sites for hydroxylation is 1. The van der Waals surface area contributed by atoms with Crippen LogP contribution in [-0.2, 0) is 6.54 Å². The van der Waals surface area contributed by atoms with Crippen LogP contribution in [0.4, 0.5) is 0 Å². The molecule has 1 rings (SSSR count). The van der Waals surface area contributed by atoms with Crippen molar-refractivity contribution in [1.82, 2.24) is 4.98 Å². The van der Waals surface area contributed by atoms with Crippen LogP contribution in [-0.4, -0.2) is 4.98 Å². The fourth-order valence-corrected chi connectivity index (χ4v) is 0.906. The molecule has 0 spiro atoms. The predicted octanol–water partition coefficient (Wildman–Crippen LogP) is 0.720. The van der Waals surface area contributed by atoms with E-state index >= 15 is 0 Å². The van der Waals surface area contributed by atoms with Gasteiger partial charge in [0.25, 0.3) is 0 Å². The van der Waals surface area contributed by atoms with Crippen LogP contribution in [0.5, 0.6) is 0 Å². The summed E-state index contributed by atoms with van der Waals surface area (Å²) < 4.78 is 0. The van der Waals surface area contributed by atoms with Crippen LogP contribution in [0.15, 0.2) is 12.1 Å². The van der Waals surface area contributed by atoms with Crippen LogP contribution in [0, 0.1) is 18.3 Å². The van der Waals surface area contributed by atoms with Gasteiger partial charge in [-0.2, -0.15) is 5.26 Å². The van der Waals surface area contributed by atoms with E-state index in [0.717, 1.165) is 11.4 Å². The molecule has 0 unspecified atom stereocenters. The molecule has 0 aromatic carbocycles. The van der Waals surface area contributed by atoms with E-state index in [2.05, 4.69) is 4.98 Å². The van der Waals surface area contributed by atoms with Gasteiger partial charge in [-0.3, -0.25) is 4.98 Å². The minimum absolute atomic E-state index is 0.385. The van der Waals surface area contributed by atoms with Crippen molar-refractivity contribution in [1.29, 1.82) is 5.26 Å². The summed E-state index contributed by atoms with van der Waals surface area (Å²) in [5.41, 5.74) is 7.60. The fourth-order valence-electron chi connectivity index (χ4n) is 0.906. The molecular formula is C8H9N3. The normalized spacial score (nSPS) is 9.18. The molecule has 1 aromatic rings. The van der Waals surface area contributed by atoms with Crippen molar-refractivity contribution in [2.24, 2.45) is 5.73 Å². The van der Waals surface area contributed by atoms with Crippen LogP contribution < -0.4 is 5.73 Å². The maximum atomic E-state index is 8.56. The van der Waals surface area contributed by atoms with E-state index in [1.165, 1.54) is 0 Å². The first-order valence-electron chi connectivity index (χ1n) is 3.34. The Bertz CT molecular complexity index is 299. The number of rotatable bonds is 1. The average molecular weight is 147 g/mol. The molecule has 0 fully saturated rings. The highest BCUT2D eigenvalue weighted by atomic mass is 14.7. The smallest absolute Gasteiger partial charge is 0.0992 e. The first-order chi connectivity index (χ1) is 5.26. The van der Waals surface area contributed by atoms with Gasteiger partial charge in [0.2, 0.25) is 0 Å². The van der Waals surface area contributed by atoms with Gasteiger partial charge in [0.1, 0.15) is 0 Å². The van der Waals surface area contributed by atoms with E-state index in [4.69, 9.17) is 11.0 Å². The summed E-state index contributed by atoms with van der Waals surface area (Å²) in [6, 6.07) is 5.48. The zero-order chi connectivity index (χ0) is 8.27. The number of hydrogen-bond donors (Lipinski definition) is 1. The lowest BCUT2D eigenvalue weighted by atomic mass is 10.2. The lowest BCUT2D eigenvalue weighted by Crippen LogP contribution is -2.01. The quantitative estimate of drug-likeness (QED) is 0.636. The minimum atomic E-state index is 0.385. The summed E-state index contributed by atoms with van der Waals surface area (Å²) in [4.78, 5) is 4.12. The molecule has 0 aliphatic rings. The van der Waals surface area contributed by atoms with Gasteiger partial charge in [0.15, 0.2) is 0 Å². The number of nitrogens with zero attached hydrogens (tertiary/aromatic N) is 2. The molecule has 0 saturated carbocycles. The molecule has 3 heteroatoms. The summed E-state index contributed by atoms with van der Waals surface area (Å²) in [7, 11) is 0. The molecule has 1 heterocycles. The van der Waals surface area contributed by atoms with Gasteiger partial charge >= 0.3 is 0 Å². The summed E-state index contributed by atoms with van der Waals surface area (Å²) in [5, 5.41) is 8.56. The minimum Gasteiger partial charge on any atom is -0.325 e. The molecule has 1 aromatic heterocycles. The Hall–Kier alpha value is -1.40. The van der Waals surface area contributed by atoms with Crippen molar-refractivity contribution in [3.63, 3.8) is 0 Å². The number of nitrogens with two attached hydrogens (primary N) is 1. The summed E-state index contributed by atoms with van der Waals surface area (Å²) in [6.45, 7) is 2.23. The first kappa shape index (κ1) is 7.70. The van der Waals surface area contributed by atoms with Gasteiger partial charge in [0.05, 0.1) is 17.3 Å².